The molecule has 9 heteroatoms. The molecule has 28 heavy (non-hydrogen) atoms. The van der Waals surface area contributed by atoms with Gasteiger partial charge in [0.15, 0.2) is 0 Å². The lowest BCUT2D eigenvalue weighted by Crippen LogP contribution is -2.50. The highest BCUT2D eigenvalue weighted by Gasteiger charge is 2.25. The van der Waals surface area contributed by atoms with Crippen LogP contribution in [0.15, 0.2) is 35.4 Å². The maximum absolute atomic E-state index is 12.7. The third-order valence-electron chi connectivity index (χ3n) is 5.17. The smallest absolute Gasteiger partial charge is 0.263 e. The lowest BCUT2D eigenvalue weighted by atomic mass is 10.2. The minimum Gasteiger partial charge on any atom is -0.378 e. The van der Waals surface area contributed by atoms with Crippen molar-refractivity contribution in [2.45, 2.75) is 0 Å². The third-order valence-corrected chi connectivity index (χ3v) is 5.17. The summed E-state index contributed by atoms with van der Waals surface area (Å²) >= 11 is 0. The highest BCUT2D eigenvalue weighted by molar-refractivity contribution is 5.94. The zero-order chi connectivity index (χ0) is 19.5. The molecule has 2 saturated heterocycles. The minimum absolute atomic E-state index is 0.211. The molecule has 0 aromatic carbocycles. The molecule has 4 heterocycles. The number of nitrogens with zero attached hydrogens (tertiary/aromatic N) is 6. The quantitative estimate of drug-likeness (QED) is 0.735. The predicted octanol–water partition coefficient (Wildman–Crippen LogP) is -0.0257. The second kappa shape index (κ2) is 7.97. The van der Waals surface area contributed by atoms with Gasteiger partial charge in [-0.25, -0.2) is 4.98 Å². The molecule has 0 atom stereocenters. The number of anilines is 2. The van der Waals surface area contributed by atoms with E-state index in [0.29, 0.717) is 45.3 Å². The Bertz CT molecular complexity index is 901. The fraction of sp³-hybridized carbons (Fsp3) is 0.474. The number of aryl methyl sites for hydroxylation is 1. The summed E-state index contributed by atoms with van der Waals surface area (Å²) in [5, 5.41) is 0. The third kappa shape index (κ3) is 3.70. The van der Waals surface area contributed by atoms with Crippen molar-refractivity contribution in [1.82, 2.24) is 19.4 Å². The van der Waals surface area contributed by atoms with Crippen molar-refractivity contribution >= 4 is 17.7 Å². The summed E-state index contributed by atoms with van der Waals surface area (Å²) in [6.45, 7) is 5.38. The summed E-state index contributed by atoms with van der Waals surface area (Å²) in [7, 11) is 1.65. The van der Waals surface area contributed by atoms with Gasteiger partial charge in [0.2, 0.25) is 5.95 Å². The van der Waals surface area contributed by atoms with Crippen LogP contribution in [0.5, 0.6) is 0 Å². The zero-order valence-electron chi connectivity index (χ0n) is 16.0. The number of carbonyl (C=O) groups excluding carboxylic acids is 1. The molecular weight excluding hydrogens is 360 g/mol. The molecule has 4 rings (SSSR count). The Morgan fingerprint density at radius 2 is 1.79 bits per heavy atom. The number of hydrogen-bond donors (Lipinski definition) is 0. The molecule has 1 amide bonds. The lowest BCUT2D eigenvalue weighted by Gasteiger charge is -2.35. The normalized spacial score (nSPS) is 17.7. The van der Waals surface area contributed by atoms with E-state index in [-0.39, 0.29) is 17.0 Å². The summed E-state index contributed by atoms with van der Waals surface area (Å²) < 4.78 is 6.81. The first-order valence-electron chi connectivity index (χ1n) is 9.49. The molecule has 2 aliphatic heterocycles. The van der Waals surface area contributed by atoms with Crippen LogP contribution in [0.3, 0.4) is 0 Å². The molecule has 0 N–H and O–H groups in total. The van der Waals surface area contributed by atoms with Gasteiger partial charge in [-0.15, -0.1) is 0 Å². The molecule has 0 saturated carbocycles. The van der Waals surface area contributed by atoms with E-state index < -0.39 is 0 Å². The summed E-state index contributed by atoms with van der Waals surface area (Å²) in [4.78, 5) is 40.0. The highest BCUT2D eigenvalue weighted by Crippen LogP contribution is 2.18. The Morgan fingerprint density at radius 3 is 2.54 bits per heavy atom. The Balaban J connectivity index is 1.42. The summed E-state index contributed by atoms with van der Waals surface area (Å²) in [5.74, 6) is 1.36. The fourth-order valence-corrected chi connectivity index (χ4v) is 3.50. The average molecular weight is 384 g/mol. The monoisotopic (exact) mass is 384 g/mol. The number of ether oxygens (including phenoxy) is 1. The molecule has 2 fully saturated rings. The van der Waals surface area contributed by atoms with Crippen molar-refractivity contribution < 1.29 is 9.53 Å². The number of piperazine rings is 1. The highest BCUT2D eigenvalue weighted by atomic mass is 16.5. The van der Waals surface area contributed by atoms with Crippen molar-refractivity contribution in [2.75, 3.05) is 62.3 Å². The van der Waals surface area contributed by atoms with Crippen LogP contribution in [0, 0.1) is 0 Å². The van der Waals surface area contributed by atoms with E-state index in [4.69, 9.17) is 9.72 Å². The van der Waals surface area contributed by atoms with E-state index in [9.17, 15) is 9.59 Å². The molecule has 0 bridgehead atoms. The van der Waals surface area contributed by atoms with Crippen molar-refractivity contribution in [3.05, 3.63) is 46.5 Å². The topological polar surface area (TPSA) is 83.8 Å². The van der Waals surface area contributed by atoms with Crippen molar-refractivity contribution in [3.8, 4) is 0 Å². The first-order chi connectivity index (χ1) is 13.6. The van der Waals surface area contributed by atoms with Crippen LogP contribution < -0.4 is 15.4 Å². The van der Waals surface area contributed by atoms with Crippen LogP contribution in [-0.2, 0) is 11.8 Å². The van der Waals surface area contributed by atoms with Gasteiger partial charge >= 0.3 is 0 Å². The van der Waals surface area contributed by atoms with Crippen LogP contribution >= 0.6 is 0 Å². The second-order valence-electron chi connectivity index (χ2n) is 6.93. The van der Waals surface area contributed by atoms with Gasteiger partial charge in [0.05, 0.1) is 13.2 Å². The Morgan fingerprint density at radius 1 is 1.04 bits per heavy atom. The van der Waals surface area contributed by atoms with Gasteiger partial charge in [0.1, 0.15) is 11.4 Å². The van der Waals surface area contributed by atoms with Crippen LogP contribution in [-0.4, -0.2) is 77.8 Å². The largest absolute Gasteiger partial charge is 0.378 e. The van der Waals surface area contributed by atoms with Gasteiger partial charge in [-0.2, -0.15) is 4.98 Å². The maximum Gasteiger partial charge on any atom is 0.263 e. The van der Waals surface area contributed by atoms with Crippen LogP contribution in [0.1, 0.15) is 10.4 Å². The molecule has 0 unspecified atom stereocenters. The average Bonchev–Trinajstić information content (AvgIpc) is 2.76. The van der Waals surface area contributed by atoms with E-state index in [1.807, 2.05) is 6.07 Å². The standard InChI is InChI=1S/C19H24N6O3/c1-22-6-2-3-15(17(22)26)18(27)24-9-7-23(8-10-24)16-4-5-20-19(21-16)25-11-13-28-14-12-25/h2-6H,7-14H2,1H3. The van der Waals surface area contributed by atoms with Crippen LogP contribution in [0.2, 0.25) is 0 Å². The molecule has 2 aliphatic rings. The number of hydrogen-bond acceptors (Lipinski definition) is 7. The van der Waals surface area contributed by atoms with E-state index >= 15 is 0 Å². The minimum atomic E-state index is -0.263. The Hall–Kier alpha value is -2.94. The molecule has 9 nitrogen and oxygen atoms in total. The predicted molar refractivity (Wildman–Crippen MR) is 105 cm³/mol. The zero-order valence-corrected chi connectivity index (χ0v) is 16.0. The van der Waals surface area contributed by atoms with E-state index in [0.717, 1.165) is 18.9 Å². The fourth-order valence-electron chi connectivity index (χ4n) is 3.50. The molecule has 0 spiro atoms. The first kappa shape index (κ1) is 18.4. The van der Waals surface area contributed by atoms with Gasteiger partial charge in [-0.3, -0.25) is 9.59 Å². The summed E-state index contributed by atoms with van der Waals surface area (Å²) in [6, 6.07) is 5.21. The van der Waals surface area contributed by atoms with Gasteiger partial charge in [-0.1, -0.05) is 0 Å². The van der Waals surface area contributed by atoms with Gasteiger partial charge < -0.3 is 24.0 Å². The van der Waals surface area contributed by atoms with Crippen molar-refractivity contribution in [3.63, 3.8) is 0 Å². The van der Waals surface area contributed by atoms with Crippen LogP contribution in [0.25, 0.3) is 0 Å². The molecule has 2 aromatic rings. The first-order valence-corrected chi connectivity index (χ1v) is 9.49. The van der Waals surface area contributed by atoms with Gasteiger partial charge in [-0.05, 0) is 18.2 Å². The number of carbonyl (C=O) groups is 1. The maximum atomic E-state index is 12.7. The van der Waals surface area contributed by atoms with Crippen molar-refractivity contribution in [2.24, 2.45) is 7.05 Å². The van der Waals surface area contributed by atoms with Crippen LogP contribution in [0.4, 0.5) is 11.8 Å². The van der Waals surface area contributed by atoms with Gasteiger partial charge in [0.25, 0.3) is 11.5 Å². The van der Waals surface area contributed by atoms with Crippen molar-refractivity contribution in [1.29, 1.82) is 0 Å². The summed E-state index contributed by atoms with van der Waals surface area (Å²) in [6.07, 6.45) is 3.43. The number of aromatic nitrogens is 3. The summed E-state index contributed by atoms with van der Waals surface area (Å²) in [5.41, 5.74) is -0.0454. The Labute approximate surface area is 163 Å². The number of rotatable bonds is 3. The number of pyridine rings is 1. The van der Waals surface area contributed by atoms with E-state index in [1.54, 1.807) is 36.5 Å². The number of morpholine rings is 1. The molecule has 0 radical (unpaired) electrons. The lowest BCUT2D eigenvalue weighted by molar-refractivity contribution is 0.0744. The molecule has 0 aliphatic carbocycles. The second-order valence-corrected chi connectivity index (χ2v) is 6.93. The molecule has 2 aromatic heterocycles. The van der Waals surface area contributed by atoms with Gasteiger partial charge in [0, 0.05) is 58.7 Å². The molecule has 148 valence electrons. The van der Waals surface area contributed by atoms with E-state index in [1.165, 1.54) is 4.57 Å². The SMILES string of the molecule is Cn1cccc(C(=O)N2CCN(c3ccnc(N4CCOCC4)n3)CC2)c1=O. The van der Waals surface area contributed by atoms with E-state index in [2.05, 4.69) is 14.8 Å². The Kier molecular flexibility index (Phi) is 5.25. The number of amides is 1. The molecular formula is C19H24N6O3.